The number of anilines is 1. The first-order chi connectivity index (χ1) is 9.10. The molecule has 1 amide bonds. The van der Waals surface area contributed by atoms with Gasteiger partial charge in [-0.25, -0.2) is 0 Å². The first kappa shape index (κ1) is 14.3. The number of hydrogen-bond acceptors (Lipinski definition) is 3. The van der Waals surface area contributed by atoms with E-state index in [9.17, 15) is 4.79 Å². The molecule has 1 aliphatic carbocycles. The normalized spacial score (nSPS) is 14.3. The molecule has 19 heavy (non-hydrogen) atoms. The number of nitrogens with zero attached hydrogens (tertiary/aromatic N) is 1. The highest BCUT2D eigenvalue weighted by atomic mass is 79.9. The molecule has 104 valence electrons. The monoisotopic (exact) mass is 325 g/mol. The number of nitrogens with one attached hydrogen (secondary N) is 2. The molecule has 0 unspecified atom stereocenters. The van der Waals surface area contributed by atoms with Crippen molar-refractivity contribution in [1.29, 1.82) is 0 Å². The van der Waals surface area contributed by atoms with Gasteiger partial charge < -0.3 is 15.5 Å². The van der Waals surface area contributed by atoms with Gasteiger partial charge in [0.05, 0.1) is 12.2 Å². The Bertz CT molecular complexity index is 460. The van der Waals surface area contributed by atoms with Crippen LogP contribution in [0.1, 0.15) is 18.4 Å². The molecular formula is C14H20BrN3O. The molecule has 0 saturated heterocycles. The Balaban J connectivity index is 1.98. The van der Waals surface area contributed by atoms with Crippen molar-refractivity contribution >= 4 is 27.5 Å². The van der Waals surface area contributed by atoms with Crippen LogP contribution in [0.3, 0.4) is 0 Å². The predicted molar refractivity (Wildman–Crippen MR) is 81.3 cm³/mol. The molecule has 2 rings (SSSR count). The van der Waals surface area contributed by atoms with Gasteiger partial charge in [-0.1, -0.05) is 6.07 Å². The topological polar surface area (TPSA) is 44.4 Å². The molecule has 1 saturated carbocycles. The van der Waals surface area contributed by atoms with E-state index in [4.69, 9.17) is 0 Å². The lowest BCUT2D eigenvalue weighted by Gasteiger charge is -2.20. The molecule has 1 aromatic rings. The van der Waals surface area contributed by atoms with Gasteiger partial charge in [-0.3, -0.25) is 4.79 Å². The second-order valence-electron chi connectivity index (χ2n) is 4.97. The van der Waals surface area contributed by atoms with Crippen molar-refractivity contribution in [2.75, 3.05) is 25.5 Å². The standard InChI is InChI=1S/C14H20BrN3O/c1-16-14(19)9-18(2)13-6-3-10(7-12(13)15)8-17-11-4-5-11/h3,6-7,11,17H,4-5,8-9H2,1-2H3,(H,16,19). The number of amides is 1. The maximum absolute atomic E-state index is 11.4. The van der Waals surface area contributed by atoms with Crippen molar-refractivity contribution < 1.29 is 4.79 Å². The molecule has 1 aliphatic rings. The summed E-state index contributed by atoms with van der Waals surface area (Å²) in [7, 11) is 3.56. The molecule has 0 spiro atoms. The van der Waals surface area contributed by atoms with Crippen LogP contribution in [-0.4, -0.2) is 32.6 Å². The van der Waals surface area contributed by atoms with Crippen molar-refractivity contribution in [2.24, 2.45) is 0 Å². The Morgan fingerprint density at radius 2 is 2.21 bits per heavy atom. The summed E-state index contributed by atoms with van der Waals surface area (Å²) in [5.74, 6) is 0.00822. The lowest BCUT2D eigenvalue weighted by atomic mass is 10.2. The summed E-state index contributed by atoms with van der Waals surface area (Å²) in [5, 5.41) is 6.12. The van der Waals surface area contributed by atoms with Gasteiger partial charge in [0, 0.05) is 31.2 Å². The minimum Gasteiger partial charge on any atom is -0.364 e. The molecule has 0 heterocycles. The van der Waals surface area contributed by atoms with Gasteiger partial charge in [-0.2, -0.15) is 0 Å². The van der Waals surface area contributed by atoms with Crippen molar-refractivity contribution in [3.05, 3.63) is 28.2 Å². The van der Waals surface area contributed by atoms with Crippen molar-refractivity contribution in [1.82, 2.24) is 10.6 Å². The van der Waals surface area contributed by atoms with Gasteiger partial charge in [0.25, 0.3) is 0 Å². The highest BCUT2D eigenvalue weighted by Gasteiger charge is 2.20. The van der Waals surface area contributed by atoms with E-state index in [-0.39, 0.29) is 5.91 Å². The Morgan fingerprint density at radius 3 is 2.79 bits per heavy atom. The molecule has 4 nitrogen and oxygen atoms in total. The van der Waals surface area contributed by atoms with Gasteiger partial charge in [0.2, 0.25) is 5.91 Å². The highest BCUT2D eigenvalue weighted by molar-refractivity contribution is 9.10. The lowest BCUT2D eigenvalue weighted by Crippen LogP contribution is -2.33. The van der Waals surface area contributed by atoms with Crippen molar-refractivity contribution in [3.63, 3.8) is 0 Å². The van der Waals surface area contributed by atoms with E-state index in [0.717, 1.165) is 22.7 Å². The minimum absolute atomic E-state index is 0.00822. The minimum atomic E-state index is 0.00822. The average Bonchev–Trinajstić information content (AvgIpc) is 3.20. The first-order valence-corrected chi connectivity index (χ1v) is 7.33. The number of hydrogen-bond donors (Lipinski definition) is 2. The maximum atomic E-state index is 11.4. The van der Waals surface area contributed by atoms with Crippen LogP contribution in [-0.2, 0) is 11.3 Å². The van der Waals surface area contributed by atoms with Gasteiger partial charge >= 0.3 is 0 Å². The van der Waals surface area contributed by atoms with Gasteiger partial charge in [0.15, 0.2) is 0 Å². The molecule has 0 aliphatic heterocycles. The SMILES string of the molecule is CNC(=O)CN(C)c1ccc(CNC2CC2)cc1Br. The summed E-state index contributed by atoms with van der Waals surface area (Å²) in [6.07, 6.45) is 2.60. The van der Waals surface area contributed by atoms with Crippen LogP contribution in [0.15, 0.2) is 22.7 Å². The van der Waals surface area contributed by atoms with E-state index in [1.54, 1.807) is 7.05 Å². The Hall–Kier alpha value is -1.07. The van der Waals surface area contributed by atoms with Gasteiger partial charge in [-0.15, -0.1) is 0 Å². The lowest BCUT2D eigenvalue weighted by molar-refractivity contribution is -0.119. The zero-order valence-corrected chi connectivity index (χ0v) is 13.0. The van der Waals surface area contributed by atoms with Crippen LogP contribution in [0.4, 0.5) is 5.69 Å². The molecule has 0 radical (unpaired) electrons. The van der Waals surface area contributed by atoms with Crippen LogP contribution in [0.25, 0.3) is 0 Å². The number of rotatable bonds is 6. The van der Waals surface area contributed by atoms with Gasteiger partial charge in [0.1, 0.15) is 0 Å². The molecule has 0 aromatic heterocycles. The quantitative estimate of drug-likeness (QED) is 0.839. The third-order valence-electron chi connectivity index (χ3n) is 3.26. The van der Waals surface area contributed by atoms with Crippen LogP contribution in [0.5, 0.6) is 0 Å². The molecule has 2 N–H and O–H groups in total. The number of benzene rings is 1. The second kappa shape index (κ2) is 6.39. The fourth-order valence-electron chi connectivity index (χ4n) is 1.90. The molecule has 1 aromatic carbocycles. The Kier molecular flexibility index (Phi) is 4.82. The summed E-state index contributed by atoms with van der Waals surface area (Å²) in [6.45, 7) is 1.26. The summed E-state index contributed by atoms with van der Waals surface area (Å²) in [5.41, 5.74) is 2.29. The average molecular weight is 326 g/mol. The zero-order valence-electron chi connectivity index (χ0n) is 11.4. The second-order valence-corrected chi connectivity index (χ2v) is 5.82. The van der Waals surface area contributed by atoms with E-state index in [1.807, 2.05) is 11.9 Å². The summed E-state index contributed by atoms with van der Waals surface area (Å²) >= 11 is 3.58. The number of halogens is 1. The van der Waals surface area contributed by atoms with E-state index in [1.165, 1.54) is 18.4 Å². The third kappa shape index (κ3) is 4.21. The highest BCUT2D eigenvalue weighted by Crippen LogP contribution is 2.27. The fourth-order valence-corrected chi connectivity index (χ4v) is 2.63. The van der Waals surface area contributed by atoms with Crippen LogP contribution < -0.4 is 15.5 Å². The maximum Gasteiger partial charge on any atom is 0.239 e. The molecule has 1 fully saturated rings. The molecule has 0 bridgehead atoms. The molecule has 5 heteroatoms. The summed E-state index contributed by atoms with van der Waals surface area (Å²) in [6, 6.07) is 6.99. The largest absolute Gasteiger partial charge is 0.364 e. The number of likely N-dealkylation sites (N-methyl/N-ethyl adjacent to an activating group) is 2. The van der Waals surface area contributed by atoms with Crippen molar-refractivity contribution in [2.45, 2.75) is 25.4 Å². The summed E-state index contributed by atoms with van der Waals surface area (Å²) in [4.78, 5) is 13.3. The first-order valence-electron chi connectivity index (χ1n) is 6.53. The number of carbonyl (C=O) groups excluding carboxylic acids is 1. The Morgan fingerprint density at radius 1 is 1.47 bits per heavy atom. The van der Waals surface area contributed by atoms with Crippen LogP contribution in [0, 0.1) is 0 Å². The van der Waals surface area contributed by atoms with E-state index in [2.05, 4.69) is 44.8 Å². The van der Waals surface area contributed by atoms with E-state index in [0.29, 0.717) is 6.54 Å². The van der Waals surface area contributed by atoms with Crippen LogP contribution in [0.2, 0.25) is 0 Å². The predicted octanol–water partition coefficient (Wildman–Crippen LogP) is 1.88. The summed E-state index contributed by atoms with van der Waals surface area (Å²) < 4.78 is 1.02. The molecular weight excluding hydrogens is 306 g/mol. The van der Waals surface area contributed by atoms with Crippen molar-refractivity contribution in [3.8, 4) is 0 Å². The fraction of sp³-hybridized carbons (Fsp3) is 0.500. The number of carbonyl (C=O) groups is 1. The van der Waals surface area contributed by atoms with Gasteiger partial charge in [-0.05, 0) is 46.5 Å². The third-order valence-corrected chi connectivity index (χ3v) is 3.89. The van der Waals surface area contributed by atoms with Crippen LogP contribution >= 0.6 is 15.9 Å². The van der Waals surface area contributed by atoms with E-state index < -0.39 is 0 Å². The zero-order chi connectivity index (χ0) is 13.8. The Labute approximate surface area is 122 Å². The smallest absolute Gasteiger partial charge is 0.239 e. The molecule has 0 atom stereocenters. The van der Waals surface area contributed by atoms with E-state index >= 15 is 0 Å².